The molecule has 0 unspecified atom stereocenters. The fraction of sp³-hybridized carbons (Fsp3) is 0.429. The molecular weight excluding hydrogens is 331 g/mol. The monoisotopic (exact) mass is 347 g/mol. The van der Waals surface area contributed by atoms with Gasteiger partial charge in [-0.25, -0.2) is 4.79 Å². The lowest BCUT2D eigenvalue weighted by Crippen LogP contribution is -2.39. The number of rotatable bonds is 4. The molecule has 126 valence electrons. The molecule has 1 atom stereocenters. The van der Waals surface area contributed by atoms with Gasteiger partial charge in [-0.1, -0.05) is 12.1 Å². The lowest BCUT2D eigenvalue weighted by atomic mass is 10.2. The zero-order valence-electron chi connectivity index (χ0n) is 12.3. The van der Waals surface area contributed by atoms with Crippen molar-refractivity contribution >= 4 is 29.4 Å². The molecule has 5 nitrogen and oxygen atoms in total. The van der Waals surface area contributed by atoms with Crippen LogP contribution in [0.4, 0.5) is 23.7 Å². The van der Waals surface area contributed by atoms with Crippen molar-refractivity contribution in [2.24, 2.45) is 0 Å². The Morgan fingerprint density at radius 2 is 2.09 bits per heavy atom. The van der Waals surface area contributed by atoms with E-state index < -0.39 is 18.0 Å². The molecule has 1 fully saturated rings. The third kappa shape index (κ3) is 5.34. The summed E-state index contributed by atoms with van der Waals surface area (Å²) in [5.74, 6) is -1.09. The minimum Gasteiger partial charge on any atom is -0.344 e. The standard InChI is InChI=1S/C14H16F3N3O2S/c1-20-7-9(6-12(20)21)18-13(22)19-10-4-2-3-5-11(10)23-8-14(15,16)17/h2-5,9H,6-8H2,1H3,(H2,18,19,22)/t9-/m0/s1. The summed E-state index contributed by atoms with van der Waals surface area (Å²) in [6.07, 6.45) is -4.07. The van der Waals surface area contributed by atoms with Gasteiger partial charge in [0.05, 0.1) is 17.5 Å². The molecule has 0 radical (unpaired) electrons. The summed E-state index contributed by atoms with van der Waals surface area (Å²) in [4.78, 5) is 25.2. The number of anilines is 1. The first-order valence-corrected chi connectivity index (χ1v) is 7.83. The summed E-state index contributed by atoms with van der Waals surface area (Å²) in [5.41, 5.74) is 0.303. The first-order chi connectivity index (χ1) is 10.7. The van der Waals surface area contributed by atoms with Gasteiger partial charge in [0.1, 0.15) is 0 Å². The number of hydrogen-bond donors (Lipinski definition) is 2. The van der Waals surface area contributed by atoms with Gasteiger partial charge in [-0.05, 0) is 12.1 Å². The number of hydrogen-bond acceptors (Lipinski definition) is 3. The Morgan fingerprint density at radius 3 is 2.70 bits per heavy atom. The first kappa shape index (κ1) is 17.5. The van der Waals surface area contributed by atoms with Gasteiger partial charge < -0.3 is 15.5 Å². The van der Waals surface area contributed by atoms with Crippen LogP contribution in [-0.4, -0.2) is 48.4 Å². The highest BCUT2D eigenvalue weighted by molar-refractivity contribution is 7.99. The third-order valence-electron chi connectivity index (χ3n) is 3.20. The van der Waals surface area contributed by atoms with E-state index in [1.54, 1.807) is 19.2 Å². The largest absolute Gasteiger partial charge is 0.398 e. The number of carbonyl (C=O) groups excluding carboxylic acids is 2. The van der Waals surface area contributed by atoms with Gasteiger partial charge in [-0.15, -0.1) is 11.8 Å². The molecule has 3 amide bonds. The van der Waals surface area contributed by atoms with Crippen LogP contribution in [0.25, 0.3) is 0 Å². The third-order valence-corrected chi connectivity index (χ3v) is 4.34. The number of nitrogens with zero attached hydrogens (tertiary/aromatic N) is 1. The van der Waals surface area contributed by atoms with Gasteiger partial charge in [0.15, 0.2) is 0 Å². The summed E-state index contributed by atoms with van der Waals surface area (Å²) in [5, 5.41) is 5.18. The minimum atomic E-state index is -4.28. The maximum atomic E-state index is 12.3. The predicted molar refractivity (Wildman–Crippen MR) is 81.4 cm³/mol. The highest BCUT2D eigenvalue weighted by Gasteiger charge is 2.29. The molecule has 2 N–H and O–H groups in total. The highest BCUT2D eigenvalue weighted by atomic mass is 32.2. The van der Waals surface area contributed by atoms with Crippen molar-refractivity contribution in [3.63, 3.8) is 0 Å². The van der Waals surface area contributed by atoms with Gasteiger partial charge in [-0.3, -0.25) is 4.79 Å². The van der Waals surface area contributed by atoms with Crippen molar-refractivity contribution in [2.45, 2.75) is 23.5 Å². The topological polar surface area (TPSA) is 61.4 Å². The van der Waals surface area contributed by atoms with Gasteiger partial charge in [-0.2, -0.15) is 13.2 Å². The molecule has 0 bridgehead atoms. The highest BCUT2D eigenvalue weighted by Crippen LogP contribution is 2.32. The second kappa shape index (κ2) is 7.12. The fourth-order valence-corrected chi connectivity index (χ4v) is 2.93. The number of para-hydroxylation sites is 1. The maximum Gasteiger partial charge on any atom is 0.398 e. The number of nitrogens with one attached hydrogen (secondary N) is 2. The predicted octanol–water partition coefficient (Wildman–Crippen LogP) is 2.69. The Kier molecular flexibility index (Phi) is 5.40. The van der Waals surface area contributed by atoms with Crippen molar-refractivity contribution in [1.82, 2.24) is 10.2 Å². The molecule has 9 heteroatoms. The molecule has 1 aromatic carbocycles. The van der Waals surface area contributed by atoms with Crippen LogP contribution in [-0.2, 0) is 4.79 Å². The minimum absolute atomic E-state index is 0.0589. The number of halogens is 3. The molecule has 1 saturated heterocycles. The summed E-state index contributed by atoms with van der Waals surface area (Å²) in [6.45, 7) is 0.413. The molecule has 1 aromatic rings. The molecule has 0 aromatic heterocycles. The van der Waals surface area contributed by atoms with E-state index >= 15 is 0 Å². The summed E-state index contributed by atoms with van der Waals surface area (Å²) in [7, 11) is 1.64. The smallest absolute Gasteiger partial charge is 0.344 e. The Hall–Kier alpha value is -1.90. The average molecular weight is 347 g/mol. The van der Waals surface area contributed by atoms with Crippen LogP contribution in [0, 0.1) is 0 Å². The quantitative estimate of drug-likeness (QED) is 0.824. The summed E-state index contributed by atoms with van der Waals surface area (Å²) >= 11 is 0.610. The van der Waals surface area contributed by atoms with Crippen LogP contribution in [0.15, 0.2) is 29.2 Å². The summed E-state index contributed by atoms with van der Waals surface area (Å²) < 4.78 is 37.0. The normalized spacial score (nSPS) is 18.2. The number of alkyl halides is 3. The fourth-order valence-electron chi connectivity index (χ4n) is 2.16. The first-order valence-electron chi connectivity index (χ1n) is 6.84. The molecule has 0 spiro atoms. The van der Waals surface area contributed by atoms with Gasteiger partial charge >= 0.3 is 12.2 Å². The van der Waals surface area contributed by atoms with E-state index in [4.69, 9.17) is 0 Å². The molecule has 1 heterocycles. The van der Waals surface area contributed by atoms with Gasteiger partial charge in [0.2, 0.25) is 5.91 Å². The van der Waals surface area contributed by atoms with Crippen molar-refractivity contribution in [3.8, 4) is 0 Å². The molecular formula is C14H16F3N3O2S. The van der Waals surface area contributed by atoms with Crippen molar-refractivity contribution < 1.29 is 22.8 Å². The van der Waals surface area contributed by atoms with E-state index in [1.807, 2.05) is 0 Å². The molecule has 1 aliphatic rings. The summed E-state index contributed by atoms with van der Waals surface area (Å²) in [6, 6.07) is 5.43. The van der Waals surface area contributed by atoms with E-state index in [9.17, 15) is 22.8 Å². The van der Waals surface area contributed by atoms with E-state index in [1.165, 1.54) is 17.0 Å². The lowest BCUT2D eigenvalue weighted by molar-refractivity contribution is -0.126. The second-order valence-corrected chi connectivity index (χ2v) is 6.19. The maximum absolute atomic E-state index is 12.3. The van der Waals surface area contributed by atoms with Crippen LogP contribution in [0.5, 0.6) is 0 Å². The van der Waals surface area contributed by atoms with Crippen LogP contribution in [0.1, 0.15) is 6.42 Å². The molecule has 0 aliphatic carbocycles. The molecule has 1 aliphatic heterocycles. The average Bonchev–Trinajstić information content (AvgIpc) is 2.75. The van der Waals surface area contributed by atoms with E-state index in [0.29, 0.717) is 28.9 Å². The zero-order valence-corrected chi connectivity index (χ0v) is 13.1. The molecule has 0 saturated carbocycles. The SMILES string of the molecule is CN1C[C@@H](NC(=O)Nc2ccccc2SCC(F)(F)F)CC1=O. The molecule has 2 rings (SSSR count). The Labute approximate surface area is 135 Å². The Morgan fingerprint density at radius 1 is 1.39 bits per heavy atom. The van der Waals surface area contributed by atoms with Crippen LogP contribution in [0.3, 0.4) is 0 Å². The van der Waals surface area contributed by atoms with Crippen LogP contribution in [0.2, 0.25) is 0 Å². The van der Waals surface area contributed by atoms with Crippen molar-refractivity contribution in [3.05, 3.63) is 24.3 Å². The Balaban J connectivity index is 1.94. The van der Waals surface area contributed by atoms with Crippen molar-refractivity contribution in [2.75, 3.05) is 24.7 Å². The number of likely N-dealkylation sites (tertiary alicyclic amines) is 1. The lowest BCUT2D eigenvalue weighted by Gasteiger charge is -2.15. The van der Waals surface area contributed by atoms with Crippen LogP contribution >= 0.6 is 11.8 Å². The number of thioether (sulfide) groups is 1. The second-order valence-electron chi connectivity index (χ2n) is 5.17. The van der Waals surface area contributed by atoms with E-state index in [-0.39, 0.29) is 18.4 Å². The van der Waals surface area contributed by atoms with Gasteiger partial charge in [0, 0.05) is 24.9 Å². The Bertz CT molecular complexity index is 595. The van der Waals surface area contributed by atoms with Crippen LogP contribution < -0.4 is 10.6 Å². The number of carbonyl (C=O) groups is 2. The van der Waals surface area contributed by atoms with Gasteiger partial charge in [0.25, 0.3) is 0 Å². The van der Waals surface area contributed by atoms with E-state index in [0.717, 1.165) is 0 Å². The number of urea groups is 1. The zero-order chi connectivity index (χ0) is 17.0. The number of amides is 3. The van der Waals surface area contributed by atoms with Crippen molar-refractivity contribution in [1.29, 1.82) is 0 Å². The number of benzene rings is 1. The number of likely N-dealkylation sites (N-methyl/N-ethyl adjacent to an activating group) is 1. The van der Waals surface area contributed by atoms with E-state index in [2.05, 4.69) is 10.6 Å². The molecule has 23 heavy (non-hydrogen) atoms.